The Kier molecular flexibility index (Phi) is 5.64. The number of nitrogens with zero attached hydrogens (tertiary/aromatic N) is 3. The molecule has 33 heavy (non-hydrogen) atoms. The van der Waals surface area contributed by atoms with E-state index in [1.165, 1.54) is 7.11 Å². The van der Waals surface area contributed by atoms with E-state index in [1.807, 2.05) is 64.3 Å². The molecule has 4 aromatic rings. The van der Waals surface area contributed by atoms with Gasteiger partial charge in [0, 0.05) is 6.42 Å². The lowest BCUT2D eigenvalue weighted by molar-refractivity contribution is -0.161. The van der Waals surface area contributed by atoms with E-state index in [0.29, 0.717) is 24.9 Å². The number of benzene rings is 2. The van der Waals surface area contributed by atoms with Gasteiger partial charge < -0.3 is 14.6 Å². The maximum atomic E-state index is 12.8. The molecule has 0 aliphatic carbocycles. The summed E-state index contributed by atoms with van der Waals surface area (Å²) >= 11 is 0. The highest BCUT2D eigenvalue weighted by molar-refractivity contribution is 5.80. The standard InChI is InChI=1S/C25H31N3O5/c1-6-25(4,23(31)32-5)16-24(2,3)22(30)33-14-13-17-11-12-21(29)20(15-17)28-26-18-9-7-8-10-19(18)27(26)28/h7-12,15,29H,6,13-14,16H2,1-5H3. The molecule has 0 aliphatic heterocycles. The molecule has 1 N–H and O–H groups in total. The molecule has 0 radical (unpaired) electrons. The third-order valence-electron chi connectivity index (χ3n) is 6.54. The third kappa shape index (κ3) is 3.94. The molecule has 0 bridgehead atoms. The van der Waals surface area contributed by atoms with Crippen molar-refractivity contribution in [2.24, 2.45) is 10.8 Å². The number of rotatable bonds is 9. The van der Waals surface area contributed by atoms with E-state index >= 15 is 0 Å². The van der Waals surface area contributed by atoms with Crippen molar-refractivity contribution >= 4 is 23.0 Å². The predicted octanol–water partition coefficient (Wildman–Crippen LogP) is 4.22. The maximum Gasteiger partial charge on any atom is 0.311 e. The van der Waals surface area contributed by atoms with Gasteiger partial charge in [0.25, 0.3) is 0 Å². The van der Waals surface area contributed by atoms with E-state index in [9.17, 15) is 14.7 Å². The zero-order valence-electron chi connectivity index (χ0n) is 19.8. The molecule has 0 saturated carbocycles. The number of carbonyl (C=O) groups is 2. The van der Waals surface area contributed by atoms with Gasteiger partial charge in [0.15, 0.2) is 0 Å². The molecular weight excluding hydrogens is 422 g/mol. The van der Waals surface area contributed by atoms with Crippen molar-refractivity contribution in [3.8, 4) is 11.4 Å². The van der Waals surface area contributed by atoms with Gasteiger partial charge in [-0.1, -0.05) is 25.1 Å². The quantitative estimate of drug-likeness (QED) is 0.384. The molecule has 0 spiro atoms. The van der Waals surface area contributed by atoms with Crippen LogP contribution in [-0.4, -0.2) is 44.8 Å². The van der Waals surface area contributed by atoms with Gasteiger partial charge in [-0.05, 0) is 63.4 Å². The zero-order valence-corrected chi connectivity index (χ0v) is 19.8. The van der Waals surface area contributed by atoms with Gasteiger partial charge in [-0.25, -0.2) is 0 Å². The SMILES string of the molecule is CCC(C)(CC(C)(C)C(=O)OCCc1ccc(O)c(-n2n3c4ccccc4n23)c1)C(=O)OC. The number of carbonyl (C=O) groups excluding carboxylic acids is 2. The lowest BCUT2D eigenvalue weighted by Gasteiger charge is -2.33. The molecule has 2 aromatic carbocycles. The second-order valence-corrected chi connectivity index (χ2v) is 9.53. The van der Waals surface area contributed by atoms with Crippen molar-refractivity contribution < 1.29 is 24.2 Å². The smallest absolute Gasteiger partial charge is 0.311 e. The highest BCUT2D eigenvalue weighted by Gasteiger charge is 2.42. The first-order valence-electron chi connectivity index (χ1n) is 11.2. The van der Waals surface area contributed by atoms with Crippen LogP contribution in [0, 0.1) is 10.8 Å². The number of esters is 2. The summed E-state index contributed by atoms with van der Waals surface area (Å²) in [5.41, 5.74) is 2.22. The molecule has 0 fully saturated rings. The lowest BCUT2D eigenvalue weighted by Crippen LogP contribution is -2.38. The Morgan fingerprint density at radius 3 is 2.21 bits per heavy atom. The van der Waals surface area contributed by atoms with Crippen LogP contribution in [0.1, 0.15) is 46.1 Å². The van der Waals surface area contributed by atoms with Crippen molar-refractivity contribution in [1.82, 2.24) is 14.1 Å². The number of para-hydroxylation sites is 2. The summed E-state index contributed by atoms with van der Waals surface area (Å²) in [6, 6.07) is 13.4. The maximum absolute atomic E-state index is 12.8. The number of methoxy groups -OCH3 is 1. The molecule has 0 aliphatic rings. The van der Waals surface area contributed by atoms with Gasteiger partial charge in [-0.15, -0.1) is 14.1 Å². The van der Waals surface area contributed by atoms with Crippen molar-refractivity contribution in [3.63, 3.8) is 0 Å². The fourth-order valence-electron chi connectivity index (χ4n) is 4.47. The van der Waals surface area contributed by atoms with Crippen LogP contribution in [-0.2, 0) is 25.5 Å². The molecule has 1 unspecified atom stereocenters. The molecule has 176 valence electrons. The first-order chi connectivity index (χ1) is 15.6. The molecule has 2 heterocycles. The Labute approximate surface area is 192 Å². The van der Waals surface area contributed by atoms with E-state index < -0.39 is 10.8 Å². The average molecular weight is 454 g/mol. The van der Waals surface area contributed by atoms with Gasteiger partial charge in [0.2, 0.25) is 0 Å². The Bertz CT molecular complexity index is 1250. The fraction of sp³-hybridized carbons (Fsp3) is 0.440. The Morgan fingerprint density at radius 2 is 1.64 bits per heavy atom. The molecule has 8 nitrogen and oxygen atoms in total. The van der Waals surface area contributed by atoms with E-state index in [1.54, 1.807) is 19.9 Å². The van der Waals surface area contributed by atoms with Crippen LogP contribution in [0.2, 0.25) is 0 Å². The lowest BCUT2D eigenvalue weighted by atomic mass is 9.72. The monoisotopic (exact) mass is 453 g/mol. The van der Waals surface area contributed by atoms with Crippen LogP contribution >= 0.6 is 0 Å². The number of hydrogen-bond acceptors (Lipinski definition) is 5. The number of hydrogen-bond donors (Lipinski definition) is 1. The second-order valence-electron chi connectivity index (χ2n) is 9.53. The topological polar surface area (TPSA) is 86.6 Å². The van der Waals surface area contributed by atoms with Crippen LogP contribution in [0.5, 0.6) is 5.75 Å². The molecule has 4 rings (SSSR count). The molecule has 8 heteroatoms. The molecule has 2 aromatic heterocycles. The van der Waals surface area contributed by atoms with Gasteiger partial charge in [-0.2, -0.15) is 0 Å². The third-order valence-corrected chi connectivity index (χ3v) is 6.54. The first-order valence-corrected chi connectivity index (χ1v) is 11.2. The van der Waals surface area contributed by atoms with Gasteiger partial charge in [0.05, 0.1) is 24.5 Å². The van der Waals surface area contributed by atoms with Crippen LogP contribution in [0.4, 0.5) is 0 Å². The molecule has 1 atom stereocenters. The first kappa shape index (κ1) is 22.8. The summed E-state index contributed by atoms with van der Waals surface area (Å²) in [6.45, 7) is 7.52. The normalized spacial score (nSPS) is 14.1. The number of phenolic OH excluding ortho intramolecular Hbond substituents is 1. The second kappa shape index (κ2) is 8.17. The predicted molar refractivity (Wildman–Crippen MR) is 124 cm³/mol. The van der Waals surface area contributed by atoms with Gasteiger partial charge in [-0.3, -0.25) is 9.59 Å². The van der Waals surface area contributed by atoms with E-state index in [0.717, 1.165) is 16.6 Å². The summed E-state index contributed by atoms with van der Waals surface area (Å²) in [5.74, 6) is -0.485. The minimum absolute atomic E-state index is 0.179. The highest BCUT2D eigenvalue weighted by atomic mass is 16.5. The Morgan fingerprint density at radius 1 is 1.00 bits per heavy atom. The summed E-state index contributed by atoms with van der Waals surface area (Å²) < 4.78 is 14.5. The molecular formula is C25H31N3O5. The van der Waals surface area contributed by atoms with Crippen LogP contribution in [0.3, 0.4) is 0 Å². The number of aromatic hydroxyl groups is 1. The minimum Gasteiger partial charge on any atom is -0.506 e. The van der Waals surface area contributed by atoms with Crippen molar-refractivity contribution in [1.29, 1.82) is 0 Å². The van der Waals surface area contributed by atoms with Crippen molar-refractivity contribution in [2.45, 2.75) is 47.0 Å². The van der Waals surface area contributed by atoms with Crippen LogP contribution < -0.4 is 0 Å². The van der Waals surface area contributed by atoms with E-state index in [2.05, 4.69) is 0 Å². The minimum atomic E-state index is -0.829. The molecule has 0 saturated heterocycles. The number of fused-ring (bicyclic) bond motifs is 4. The average Bonchev–Trinajstić information content (AvgIpc) is 3.45. The number of aromatic nitrogens is 3. The largest absolute Gasteiger partial charge is 0.506 e. The van der Waals surface area contributed by atoms with Crippen molar-refractivity contribution in [2.75, 3.05) is 13.7 Å². The number of ether oxygens (including phenoxy) is 2. The van der Waals surface area contributed by atoms with Gasteiger partial charge >= 0.3 is 11.9 Å². The van der Waals surface area contributed by atoms with E-state index in [4.69, 9.17) is 9.47 Å². The van der Waals surface area contributed by atoms with Gasteiger partial charge in [0.1, 0.15) is 22.5 Å². The summed E-state index contributed by atoms with van der Waals surface area (Å²) in [6.07, 6.45) is 1.42. The van der Waals surface area contributed by atoms with Crippen molar-refractivity contribution in [3.05, 3.63) is 48.0 Å². The summed E-state index contributed by atoms with van der Waals surface area (Å²) in [7, 11) is 1.36. The summed E-state index contributed by atoms with van der Waals surface area (Å²) in [4.78, 5) is 26.9. The zero-order chi connectivity index (χ0) is 24.0. The Balaban J connectivity index is 1.40. The Hall–Kier alpha value is -3.42. The number of phenols is 1. The fourth-order valence-corrected chi connectivity index (χ4v) is 4.47. The van der Waals surface area contributed by atoms with Crippen LogP contribution in [0.25, 0.3) is 16.7 Å². The van der Waals surface area contributed by atoms with E-state index in [-0.39, 0.29) is 24.3 Å². The summed E-state index contributed by atoms with van der Waals surface area (Å²) in [5, 5.41) is 10.4. The molecule has 0 amide bonds. The van der Waals surface area contributed by atoms with Crippen LogP contribution in [0.15, 0.2) is 42.5 Å². The highest BCUT2D eigenvalue weighted by Crippen LogP contribution is 2.38.